The molecule has 0 aliphatic rings. The number of non-ortho nitro benzene ring substituents is 2. The van der Waals surface area contributed by atoms with Gasteiger partial charge in [0, 0.05) is 48.2 Å². The number of fused-ring (bicyclic) bond motifs is 2. The third kappa shape index (κ3) is 3.04. The monoisotopic (exact) mass is 382 g/mol. The van der Waals surface area contributed by atoms with E-state index < -0.39 is 9.85 Å². The van der Waals surface area contributed by atoms with E-state index >= 15 is 0 Å². The topological polar surface area (TPSA) is 138 Å². The summed E-state index contributed by atoms with van der Waals surface area (Å²) in [6.45, 7) is 3.45. The maximum absolute atomic E-state index is 11.0. The molecule has 0 unspecified atom stereocenters. The van der Waals surface area contributed by atoms with E-state index in [4.69, 9.17) is 8.83 Å². The number of benzene rings is 2. The molecule has 0 saturated carbocycles. The molecule has 142 valence electrons. The summed E-state index contributed by atoms with van der Waals surface area (Å²) < 4.78 is 11.4. The number of aryl methyl sites for hydroxylation is 4. The van der Waals surface area contributed by atoms with Crippen LogP contribution in [0.1, 0.15) is 22.9 Å². The summed E-state index contributed by atoms with van der Waals surface area (Å²) in [6.07, 6.45) is 0.742. The van der Waals surface area contributed by atoms with Crippen LogP contribution in [-0.4, -0.2) is 19.8 Å². The van der Waals surface area contributed by atoms with Gasteiger partial charge in [-0.15, -0.1) is 0 Å². The Morgan fingerprint density at radius 1 is 0.786 bits per heavy atom. The van der Waals surface area contributed by atoms with E-state index in [0.29, 0.717) is 57.9 Å². The number of aromatic nitrogens is 2. The van der Waals surface area contributed by atoms with Crippen molar-refractivity contribution in [2.75, 3.05) is 0 Å². The number of hydrogen-bond donors (Lipinski definition) is 0. The van der Waals surface area contributed by atoms with E-state index in [9.17, 15) is 20.2 Å². The SMILES string of the molecule is Cc1cc([N+](=O)[O-])cc2nc(CCc3nc4cc([N+](=O)[O-])cc(C)c4o3)oc12. The second kappa shape index (κ2) is 6.41. The van der Waals surface area contributed by atoms with E-state index in [1.165, 1.54) is 24.3 Å². The van der Waals surface area contributed by atoms with Gasteiger partial charge in [-0.2, -0.15) is 0 Å². The minimum Gasteiger partial charge on any atom is -0.440 e. The lowest BCUT2D eigenvalue weighted by Gasteiger charge is -1.94. The molecule has 0 N–H and O–H groups in total. The number of nitrogens with zero attached hydrogens (tertiary/aromatic N) is 4. The van der Waals surface area contributed by atoms with Gasteiger partial charge in [-0.1, -0.05) is 0 Å². The Balaban J connectivity index is 1.60. The van der Waals surface area contributed by atoms with Gasteiger partial charge in [-0.3, -0.25) is 20.2 Å². The molecule has 2 aromatic carbocycles. The minimum absolute atomic E-state index is 0.0409. The van der Waals surface area contributed by atoms with Crippen molar-refractivity contribution in [3.05, 3.63) is 67.4 Å². The summed E-state index contributed by atoms with van der Waals surface area (Å²) in [4.78, 5) is 29.6. The summed E-state index contributed by atoms with van der Waals surface area (Å²) in [5.74, 6) is 0.812. The fraction of sp³-hybridized carbons (Fsp3) is 0.222. The van der Waals surface area contributed by atoms with E-state index in [0.717, 1.165) is 0 Å². The highest BCUT2D eigenvalue weighted by Crippen LogP contribution is 2.28. The Bertz CT molecular complexity index is 1160. The predicted molar refractivity (Wildman–Crippen MR) is 98.2 cm³/mol. The number of hydrogen-bond acceptors (Lipinski definition) is 8. The maximum Gasteiger partial charge on any atom is 0.272 e. The second-order valence-corrected chi connectivity index (χ2v) is 6.45. The van der Waals surface area contributed by atoms with Gasteiger partial charge in [0.15, 0.2) is 22.9 Å². The summed E-state index contributed by atoms with van der Waals surface area (Å²) in [5.41, 5.74) is 3.04. The zero-order valence-corrected chi connectivity index (χ0v) is 15.0. The Morgan fingerprint density at radius 3 is 1.54 bits per heavy atom. The Labute approximate surface area is 157 Å². The van der Waals surface area contributed by atoms with Crippen LogP contribution in [0.5, 0.6) is 0 Å². The predicted octanol–water partition coefficient (Wildman–Crippen LogP) is 4.19. The van der Waals surface area contributed by atoms with Gasteiger partial charge in [-0.25, -0.2) is 9.97 Å². The lowest BCUT2D eigenvalue weighted by molar-refractivity contribution is -0.384. The fourth-order valence-corrected chi connectivity index (χ4v) is 3.09. The summed E-state index contributed by atoms with van der Waals surface area (Å²) in [7, 11) is 0. The van der Waals surface area contributed by atoms with Crippen molar-refractivity contribution in [2.24, 2.45) is 0 Å². The van der Waals surface area contributed by atoms with Gasteiger partial charge in [0.1, 0.15) is 11.0 Å². The van der Waals surface area contributed by atoms with Crippen molar-refractivity contribution in [1.29, 1.82) is 0 Å². The fourth-order valence-electron chi connectivity index (χ4n) is 3.09. The largest absolute Gasteiger partial charge is 0.440 e. The molecular formula is C18H14N4O6. The molecule has 0 aliphatic heterocycles. The number of rotatable bonds is 5. The van der Waals surface area contributed by atoms with Crippen LogP contribution in [-0.2, 0) is 12.8 Å². The molecule has 4 aromatic rings. The van der Waals surface area contributed by atoms with Gasteiger partial charge in [0.2, 0.25) is 0 Å². The standard InChI is InChI=1S/C18H14N4O6/c1-9-5-11(21(23)24)7-13-17(9)27-15(19-13)3-4-16-20-14-8-12(22(25)26)6-10(2)18(14)28-16/h5-8H,3-4H2,1-2H3. The first kappa shape index (κ1) is 17.6. The highest BCUT2D eigenvalue weighted by atomic mass is 16.6. The summed E-state index contributed by atoms with van der Waals surface area (Å²) in [6, 6.07) is 5.62. The highest BCUT2D eigenvalue weighted by molar-refractivity contribution is 5.80. The van der Waals surface area contributed by atoms with Gasteiger partial charge in [0.05, 0.1) is 9.85 Å². The van der Waals surface area contributed by atoms with Crippen LogP contribution in [0.25, 0.3) is 22.2 Å². The van der Waals surface area contributed by atoms with E-state index in [2.05, 4.69) is 9.97 Å². The third-order valence-corrected chi connectivity index (χ3v) is 4.38. The summed E-state index contributed by atoms with van der Waals surface area (Å²) >= 11 is 0. The molecule has 0 fully saturated rings. The maximum atomic E-state index is 11.0. The molecule has 0 aliphatic carbocycles. The van der Waals surface area contributed by atoms with Crippen LogP contribution >= 0.6 is 0 Å². The molecule has 0 bridgehead atoms. The third-order valence-electron chi connectivity index (χ3n) is 4.38. The zero-order valence-electron chi connectivity index (χ0n) is 15.0. The number of nitro groups is 2. The molecule has 0 saturated heterocycles. The normalized spacial score (nSPS) is 11.4. The highest BCUT2D eigenvalue weighted by Gasteiger charge is 2.17. The van der Waals surface area contributed by atoms with Crippen molar-refractivity contribution in [3.63, 3.8) is 0 Å². The zero-order chi connectivity index (χ0) is 20.0. The molecule has 28 heavy (non-hydrogen) atoms. The van der Waals surface area contributed by atoms with Gasteiger partial charge >= 0.3 is 0 Å². The smallest absolute Gasteiger partial charge is 0.272 e. The Kier molecular flexibility index (Phi) is 4.03. The molecule has 2 heterocycles. The first-order valence-corrected chi connectivity index (χ1v) is 8.40. The summed E-state index contributed by atoms with van der Waals surface area (Å²) in [5, 5.41) is 22.0. The van der Waals surface area contributed by atoms with E-state index in [1.807, 2.05) is 0 Å². The first-order valence-electron chi connectivity index (χ1n) is 8.40. The molecule has 2 aromatic heterocycles. The molecule has 4 rings (SSSR count). The lowest BCUT2D eigenvalue weighted by Crippen LogP contribution is -1.91. The van der Waals surface area contributed by atoms with Crippen molar-refractivity contribution >= 4 is 33.6 Å². The van der Waals surface area contributed by atoms with Crippen molar-refractivity contribution in [1.82, 2.24) is 9.97 Å². The lowest BCUT2D eigenvalue weighted by atomic mass is 10.2. The molecule has 0 atom stereocenters. The number of oxazole rings is 2. The van der Waals surface area contributed by atoms with Gasteiger partial charge in [0.25, 0.3) is 11.4 Å². The second-order valence-electron chi connectivity index (χ2n) is 6.45. The van der Waals surface area contributed by atoms with Gasteiger partial charge in [-0.05, 0) is 13.8 Å². The van der Waals surface area contributed by atoms with Gasteiger partial charge < -0.3 is 8.83 Å². The first-order chi connectivity index (χ1) is 13.3. The van der Waals surface area contributed by atoms with Crippen LogP contribution < -0.4 is 0 Å². The molecule has 0 radical (unpaired) electrons. The van der Waals surface area contributed by atoms with Crippen molar-refractivity contribution < 1.29 is 18.7 Å². The van der Waals surface area contributed by atoms with Crippen molar-refractivity contribution in [3.8, 4) is 0 Å². The minimum atomic E-state index is -0.472. The van der Waals surface area contributed by atoms with Crippen molar-refractivity contribution in [2.45, 2.75) is 26.7 Å². The molecule has 10 heteroatoms. The quantitative estimate of drug-likeness (QED) is 0.370. The van der Waals surface area contributed by atoms with Crippen LogP contribution in [0.3, 0.4) is 0 Å². The van der Waals surface area contributed by atoms with E-state index in [-0.39, 0.29) is 11.4 Å². The molecule has 10 nitrogen and oxygen atoms in total. The Hall–Kier alpha value is -3.82. The molecule has 0 spiro atoms. The average Bonchev–Trinajstić information content (AvgIpc) is 3.23. The van der Waals surface area contributed by atoms with Crippen LogP contribution in [0, 0.1) is 34.1 Å². The van der Waals surface area contributed by atoms with Crippen LogP contribution in [0.2, 0.25) is 0 Å². The molecule has 0 amide bonds. The van der Waals surface area contributed by atoms with Crippen LogP contribution in [0.4, 0.5) is 11.4 Å². The number of nitro benzene ring substituents is 2. The molecular weight excluding hydrogens is 368 g/mol. The Morgan fingerprint density at radius 2 is 1.18 bits per heavy atom. The van der Waals surface area contributed by atoms with Crippen LogP contribution in [0.15, 0.2) is 33.1 Å². The average molecular weight is 382 g/mol. The van der Waals surface area contributed by atoms with E-state index in [1.54, 1.807) is 13.8 Å².